The Morgan fingerprint density at radius 1 is 1.40 bits per heavy atom. The maximum Gasteiger partial charge on any atom is 0.222 e. The summed E-state index contributed by atoms with van der Waals surface area (Å²) < 4.78 is 5.19. The fourth-order valence-electron chi connectivity index (χ4n) is 2.37. The third kappa shape index (κ3) is 3.92. The number of carbonyl (C=O) groups excluding carboxylic acids is 1. The lowest BCUT2D eigenvalue weighted by Gasteiger charge is -2.33. The zero-order valence-electron chi connectivity index (χ0n) is 12.5. The van der Waals surface area contributed by atoms with Gasteiger partial charge in [0.2, 0.25) is 5.91 Å². The second-order valence-corrected chi connectivity index (χ2v) is 6.88. The van der Waals surface area contributed by atoms with Gasteiger partial charge >= 0.3 is 0 Å². The van der Waals surface area contributed by atoms with Gasteiger partial charge in [0.1, 0.15) is 5.75 Å². The molecule has 110 valence electrons. The second-order valence-electron chi connectivity index (χ2n) is 5.57. The normalized spacial score (nSPS) is 19.2. The first-order chi connectivity index (χ1) is 9.60. The van der Waals surface area contributed by atoms with E-state index in [2.05, 4.69) is 26.0 Å². The van der Waals surface area contributed by atoms with Crippen LogP contribution in [0, 0.1) is 5.92 Å². The summed E-state index contributed by atoms with van der Waals surface area (Å²) in [5.74, 6) is 2.61. The number of nitrogens with zero attached hydrogens (tertiary/aromatic N) is 1. The van der Waals surface area contributed by atoms with Crippen molar-refractivity contribution >= 4 is 17.7 Å². The van der Waals surface area contributed by atoms with E-state index < -0.39 is 0 Å². The highest BCUT2D eigenvalue weighted by Crippen LogP contribution is 2.34. The van der Waals surface area contributed by atoms with Crippen molar-refractivity contribution in [2.45, 2.75) is 25.5 Å². The Bertz CT molecular complexity index is 444. The Hall–Kier alpha value is -1.16. The number of hydrogen-bond donors (Lipinski definition) is 0. The van der Waals surface area contributed by atoms with Gasteiger partial charge < -0.3 is 9.64 Å². The SMILES string of the molecule is COc1ccc(C2CN(C(=O)CC(C)C)CCS2)cc1. The number of amides is 1. The maximum atomic E-state index is 12.2. The Kier molecular flexibility index (Phi) is 5.35. The van der Waals surface area contributed by atoms with E-state index in [4.69, 9.17) is 4.74 Å². The van der Waals surface area contributed by atoms with Crippen LogP contribution in [-0.4, -0.2) is 36.8 Å². The summed E-state index contributed by atoms with van der Waals surface area (Å²) in [7, 11) is 1.68. The molecule has 1 aromatic carbocycles. The number of rotatable bonds is 4. The molecule has 0 saturated carbocycles. The summed E-state index contributed by atoms with van der Waals surface area (Å²) in [5, 5.41) is 0.380. The first kappa shape index (κ1) is 15.2. The Labute approximate surface area is 125 Å². The van der Waals surface area contributed by atoms with E-state index in [1.165, 1.54) is 5.56 Å². The topological polar surface area (TPSA) is 29.5 Å². The summed E-state index contributed by atoms with van der Waals surface area (Å²) in [6.07, 6.45) is 0.653. The molecule has 2 rings (SSSR count). The van der Waals surface area contributed by atoms with E-state index in [1.807, 2.05) is 28.8 Å². The Morgan fingerprint density at radius 2 is 2.10 bits per heavy atom. The van der Waals surface area contributed by atoms with Crippen LogP contribution in [0.4, 0.5) is 0 Å². The molecule has 1 aliphatic heterocycles. The van der Waals surface area contributed by atoms with Crippen molar-refractivity contribution in [1.82, 2.24) is 4.90 Å². The predicted octanol–water partition coefficient (Wildman–Crippen LogP) is 3.36. The lowest BCUT2D eigenvalue weighted by atomic mass is 10.1. The molecule has 0 spiro atoms. The Balaban J connectivity index is 2.00. The number of methoxy groups -OCH3 is 1. The van der Waals surface area contributed by atoms with Crippen LogP contribution < -0.4 is 4.74 Å². The van der Waals surface area contributed by atoms with Gasteiger partial charge in [0.25, 0.3) is 0 Å². The molecule has 3 nitrogen and oxygen atoms in total. The van der Waals surface area contributed by atoms with Crippen molar-refractivity contribution in [2.75, 3.05) is 26.0 Å². The van der Waals surface area contributed by atoms with Gasteiger partial charge in [-0.25, -0.2) is 0 Å². The Morgan fingerprint density at radius 3 is 2.70 bits per heavy atom. The molecule has 4 heteroatoms. The summed E-state index contributed by atoms with van der Waals surface area (Å²) in [5.41, 5.74) is 1.28. The maximum absolute atomic E-state index is 12.2. The molecule has 1 heterocycles. The van der Waals surface area contributed by atoms with Gasteiger partial charge in [0, 0.05) is 30.5 Å². The van der Waals surface area contributed by atoms with Crippen LogP contribution in [-0.2, 0) is 4.79 Å². The van der Waals surface area contributed by atoms with Crippen LogP contribution in [0.25, 0.3) is 0 Å². The van der Waals surface area contributed by atoms with Crippen molar-refractivity contribution in [1.29, 1.82) is 0 Å². The minimum absolute atomic E-state index is 0.291. The molecule has 1 fully saturated rings. The van der Waals surface area contributed by atoms with Crippen molar-refractivity contribution in [3.8, 4) is 5.75 Å². The molecule has 1 saturated heterocycles. The van der Waals surface area contributed by atoms with E-state index in [0.717, 1.165) is 24.6 Å². The summed E-state index contributed by atoms with van der Waals surface area (Å²) in [4.78, 5) is 14.2. The molecule has 1 aliphatic rings. The monoisotopic (exact) mass is 293 g/mol. The van der Waals surface area contributed by atoms with Crippen LogP contribution in [0.5, 0.6) is 5.75 Å². The lowest BCUT2D eigenvalue weighted by molar-refractivity contribution is -0.131. The lowest BCUT2D eigenvalue weighted by Crippen LogP contribution is -2.39. The summed E-state index contributed by atoms with van der Waals surface area (Å²) >= 11 is 1.94. The average Bonchev–Trinajstić information content (AvgIpc) is 2.47. The number of benzene rings is 1. The zero-order chi connectivity index (χ0) is 14.5. The largest absolute Gasteiger partial charge is 0.497 e. The molecule has 0 aliphatic carbocycles. The van der Waals surface area contributed by atoms with Gasteiger partial charge in [-0.2, -0.15) is 11.8 Å². The fourth-order valence-corrected chi connectivity index (χ4v) is 3.62. The van der Waals surface area contributed by atoms with Gasteiger partial charge in [0.05, 0.1) is 7.11 Å². The first-order valence-corrected chi connectivity index (χ1v) is 8.18. The molecule has 0 radical (unpaired) electrons. The predicted molar refractivity (Wildman–Crippen MR) is 84.2 cm³/mol. The van der Waals surface area contributed by atoms with Crippen LogP contribution in [0.15, 0.2) is 24.3 Å². The highest BCUT2D eigenvalue weighted by Gasteiger charge is 2.25. The highest BCUT2D eigenvalue weighted by atomic mass is 32.2. The molecule has 0 N–H and O–H groups in total. The molecule has 1 atom stereocenters. The number of ether oxygens (including phenoxy) is 1. The number of thioether (sulfide) groups is 1. The van der Waals surface area contributed by atoms with Gasteiger partial charge in [0.15, 0.2) is 0 Å². The van der Waals surface area contributed by atoms with Crippen molar-refractivity contribution in [3.05, 3.63) is 29.8 Å². The van der Waals surface area contributed by atoms with Gasteiger partial charge in [-0.3, -0.25) is 4.79 Å². The van der Waals surface area contributed by atoms with Gasteiger partial charge in [-0.15, -0.1) is 0 Å². The number of hydrogen-bond acceptors (Lipinski definition) is 3. The van der Waals surface area contributed by atoms with E-state index in [0.29, 0.717) is 23.5 Å². The fraction of sp³-hybridized carbons (Fsp3) is 0.562. The smallest absolute Gasteiger partial charge is 0.222 e. The van der Waals surface area contributed by atoms with E-state index in [9.17, 15) is 4.79 Å². The molecule has 0 aromatic heterocycles. The highest BCUT2D eigenvalue weighted by molar-refractivity contribution is 7.99. The number of carbonyl (C=O) groups is 1. The third-order valence-electron chi connectivity index (χ3n) is 3.49. The minimum atomic E-state index is 0.291. The van der Waals surface area contributed by atoms with Crippen LogP contribution >= 0.6 is 11.8 Å². The molecule has 1 amide bonds. The van der Waals surface area contributed by atoms with Gasteiger partial charge in [-0.05, 0) is 23.6 Å². The molecule has 20 heavy (non-hydrogen) atoms. The van der Waals surface area contributed by atoms with Crippen molar-refractivity contribution in [3.63, 3.8) is 0 Å². The summed E-state index contributed by atoms with van der Waals surface area (Å²) in [6, 6.07) is 8.19. The first-order valence-electron chi connectivity index (χ1n) is 7.13. The quantitative estimate of drug-likeness (QED) is 0.852. The molecule has 1 unspecified atom stereocenters. The van der Waals surface area contributed by atoms with Crippen molar-refractivity contribution < 1.29 is 9.53 Å². The average molecular weight is 293 g/mol. The zero-order valence-corrected chi connectivity index (χ0v) is 13.3. The van der Waals surface area contributed by atoms with Crippen LogP contribution in [0.1, 0.15) is 31.1 Å². The third-order valence-corrected chi connectivity index (χ3v) is 4.73. The second kappa shape index (κ2) is 7.02. The summed E-state index contributed by atoms with van der Waals surface area (Å²) in [6.45, 7) is 5.89. The van der Waals surface area contributed by atoms with Crippen LogP contribution in [0.3, 0.4) is 0 Å². The standard InChI is InChI=1S/C16H23NO2S/c1-12(2)10-16(18)17-8-9-20-15(11-17)13-4-6-14(19-3)7-5-13/h4-7,12,15H,8-11H2,1-3H3. The van der Waals surface area contributed by atoms with Crippen molar-refractivity contribution in [2.24, 2.45) is 5.92 Å². The minimum Gasteiger partial charge on any atom is -0.497 e. The van der Waals surface area contributed by atoms with E-state index >= 15 is 0 Å². The van der Waals surface area contributed by atoms with E-state index in [1.54, 1.807) is 7.11 Å². The van der Waals surface area contributed by atoms with Gasteiger partial charge in [-0.1, -0.05) is 26.0 Å². The van der Waals surface area contributed by atoms with Crippen LogP contribution in [0.2, 0.25) is 0 Å². The molecule has 1 aromatic rings. The molecular formula is C16H23NO2S. The molecular weight excluding hydrogens is 270 g/mol. The van der Waals surface area contributed by atoms with E-state index in [-0.39, 0.29) is 0 Å². The molecule has 0 bridgehead atoms.